The molecule has 0 saturated carbocycles. The van der Waals surface area contributed by atoms with Crippen LogP contribution in [0.3, 0.4) is 0 Å². The number of benzene rings is 2. The second kappa shape index (κ2) is 10.2. The van der Waals surface area contributed by atoms with Gasteiger partial charge in [-0.1, -0.05) is 0 Å². The zero-order valence-corrected chi connectivity index (χ0v) is 18.3. The summed E-state index contributed by atoms with van der Waals surface area (Å²) < 4.78 is 78.2. The molecular formula is C20H21ClF3NO5S. The molecule has 0 aromatic heterocycles. The van der Waals surface area contributed by atoms with Gasteiger partial charge in [-0.2, -0.15) is 13.2 Å². The Kier molecular flexibility index (Phi) is 8.19. The van der Waals surface area contributed by atoms with Gasteiger partial charge in [-0.3, -0.25) is 9.52 Å². The van der Waals surface area contributed by atoms with E-state index in [1.165, 1.54) is 32.4 Å². The highest BCUT2D eigenvalue weighted by atomic mass is 35.5. The summed E-state index contributed by atoms with van der Waals surface area (Å²) in [6.45, 7) is 0. The van der Waals surface area contributed by atoms with Crippen molar-refractivity contribution in [1.29, 1.82) is 0 Å². The number of hydrogen-bond acceptors (Lipinski definition) is 5. The van der Waals surface area contributed by atoms with Crippen LogP contribution in [0.25, 0.3) is 0 Å². The molecule has 0 unspecified atom stereocenters. The van der Waals surface area contributed by atoms with Gasteiger partial charge in [0.1, 0.15) is 11.5 Å². The lowest BCUT2D eigenvalue weighted by molar-refractivity contribution is -0.138. The van der Waals surface area contributed by atoms with Crippen molar-refractivity contribution in [3.05, 3.63) is 47.5 Å². The van der Waals surface area contributed by atoms with Gasteiger partial charge in [0.15, 0.2) is 5.78 Å². The molecule has 170 valence electrons. The van der Waals surface area contributed by atoms with Crippen molar-refractivity contribution < 1.29 is 35.9 Å². The highest BCUT2D eigenvalue weighted by Gasteiger charge is 2.36. The van der Waals surface area contributed by atoms with Crippen LogP contribution in [0.4, 0.5) is 18.9 Å². The van der Waals surface area contributed by atoms with Gasteiger partial charge >= 0.3 is 6.18 Å². The van der Waals surface area contributed by atoms with E-state index >= 15 is 0 Å². The Morgan fingerprint density at radius 2 is 1.77 bits per heavy atom. The Labute approximate surface area is 183 Å². The number of Topliss-reactive ketones (excluding diaryl/α,β-unsaturated/α-hetero) is 1. The monoisotopic (exact) mass is 479 g/mol. The summed E-state index contributed by atoms with van der Waals surface area (Å²) in [5, 5.41) is 0. The summed E-state index contributed by atoms with van der Waals surface area (Å²) in [6.07, 6.45) is -4.26. The maximum absolute atomic E-state index is 13.4. The van der Waals surface area contributed by atoms with Crippen LogP contribution in [0, 0.1) is 0 Å². The van der Waals surface area contributed by atoms with E-state index in [0.29, 0.717) is 18.2 Å². The van der Waals surface area contributed by atoms with E-state index in [1.54, 1.807) is 0 Å². The zero-order chi connectivity index (χ0) is 23.2. The molecule has 0 heterocycles. The number of sulfonamides is 1. The Morgan fingerprint density at radius 3 is 2.35 bits per heavy atom. The number of methoxy groups -OCH3 is 2. The molecular weight excluding hydrogens is 459 g/mol. The molecule has 0 saturated heterocycles. The van der Waals surface area contributed by atoms with Crippen molar-refractivity contribution >= 4 is 33.1 Å². The minimum atomic E-state index is -4.81. The lowest BCUT2D eigenvalue weighted by Gasteiger charge is -2.16. The number of halogens is 4. The number of nitrogens with one attached hydrogen (secondary N) is 1. The largest absolute Gasteiger partial charge is 0.497 e. The third kappa shape index (κ3) is 6.27. The van der Waals surface area contributed by atoms with Crippen molar-refractivity contribution in [2.75, 3.05) is 24.8 Å². The van der Waals surface area contributed by atoms with Crippen molar-refractivity contribution in [3.8, 4) is 11.5 Å². The maximum Gasteiger partial charge on any atom is 0.417 e. The predicted molar refractivity (Wildman–Crippen MR) is 111 cm³/mol. The molecule has 6 nitrogen and oxygen atoms in total. The fraction of sp³-hybridized carbons (Fsp3) is 0.350. The summed E-state index contributed by atoms with van der Waals surface area (Å²) in [7, 11) is -1.58. The van der Waals surface area contributed by atoms with Gasteiger partial charge < -0.3 is 9.47 Å². The SMILES string of the molecule is COc1ccc(NS(=O)(=O)c2ccc(C(F)(F)F)c(C(=O)CCCCCl)c2)c(OC)c1. The first-order chi connectivity index (χ1) is 14.5. The van der Waals surface area contributed by atoms with Gasteiger partial charge in [0.2, 0.25) is 0 Å². The molecule has 0 radical (unpaired) electrons. The number of ketones is 1. The minimum Gasteiger partial charge on any atom is -0.497 e. The Morgan fingerprint density at radius 1 is 1.06 bits per heavy atom. The Balaban J connectivity index is 2.45. The van der Waals surface area contributed by atoms with Crippen molar-refractivity contribution in [2.45, 2.75) is 30.3 Å². The number of alkyl halides is 4. The molecule has 0 bridgehead atoms. The molecule has 31 heavy (non-hydrogen) atoms. The van der Waals surface area contributed by atoms with E-state index in [0.717, 1.165) is 12.1 Å². The molecule has 0 aliphatic carbocycles. The quantitative estimate of drug-likeness (QED) is 0.291. The third-order valence-corrected chi connectivity index (χ3v) is 5.98. The zero-order valence-electron chi connectivity index (χ0n) is 16.8. The molecule has 2 aromatic carbocycles. The second-order valence-electron chi connectivity index (χ2n) is 6.45. The first kappa shape index (κ1) is 24.8. The molecule has 2 rings (SSSR count). The van der Waals surface area contributed by atoms with E-state index in [4.69, 9.17) is 21.1 Å². The Hall–Kier alpha value is -2.46. The highest BCUT2D eigenvalue weighted by molar-refractivity contribution is 7.92. The number of unbranched alkanes of at least 4 members (excludes halogenated alkanes) is 1. The molecule has 1 N–H and O–H groups in total. The topological polar surface area (TPSA) is 81.7 Å². The van der Waals surface area contributed by atoms with Gasteiger partial charge in [0.05, 0.1) is 30.4 Å². The van der Waals surface area contributed by atoms with Crippen LogP contribution in [-0.2, 0) is 16.2 Å². The highest BCUT2D eigenvalue weighted by Crippen LogP contribution is 2.35. The summed E-state index contributed by atoms with van der Waals surface area (Å²) in [4.78, 5) is 11.9. The number of carbonyl (C=O) groups is 1. The van der Waals surface area contributed by atoms with Crippen LogP contribution in [0.2, 0.25) is 0 Å². The average molecular weight is 480 g/mol. The molecule has 0 aliphatic rings. The number of hydrogen-bond donors (Lipinski definition) is 1. The van der Waals surface area contributed by atoms with Crippen LogP contribution in [0.15, 0.2) is 41.3 Å². The average Bonchev–Trinajstić information content (AvgIpc) is 2.72. The molecule has 11 heteroatoms. The lowest BCUT2D eigenvalue weighted by Crippen LogP contribution is -2.18. The van der Waals surface area contributed by atoms with Gasteiger partial charge in [0.25, 0.3) is 10.0 Å². The van der Waals surface area contributed by atoms with E-state index in [9.17, 15) is 26.4 Å². The van der Waals surface area contributed by atoms with Crippen LogP contribution in [-0.4, -0.2) is 34.3 Å². The van der Waals surface area contributed by atoms with Crippen LogP contribution >= 0.6 is 11.6 Å². The van der Waals surface area contributed by atoms with Gasteiger partial charge in [0, 0.05) is 23.9 Å². The van der Waals surface area contributed by atoms with Crippen LogP contribution < -0.4 is 14.2 Å². The smallest absolute Gasteiger partial charge is 0.417 e. The number of anilines is 1. The van der Waals surface area contributed by atoms with Gasteiger partial charge in [-0.25, -0.2) is 8.42 Å². The molecule has 0 atom stereocenters. The number of ether oxygens (including phenoxy) is 2. The van der Waals surface area contributed by atoms with Crippen molar-refractivity contribution in [3.63, 3.8) is 0 Å². The van der Waals surface area contributed by atoms with Crippen molar-refractivity contribution in [2.24, 2.45) is 0 Å². The van der Waals surface area contributed by atoms with Crippen LogP contribution in [0.5, 0.6) is 11.5 Å². The van der Waals surface area contributed by atoms with Crippen LogP contribution in [0.1, 0.15) is 35.2 Å². The standard InChI is InChI=1S/C20H21ClF3NO5S/c1-29-13-6-9-17(19(11-13)30-2)25-31(27,28)14-7-8-16(20(22,23)24)15(12-14)18(26)5-3-4-10-21/h6-9,11-12,25H,3-5,10H2,1-2H3. The molecule has 0 fully saturated rings. The first-order valence-corrected chi connectivity index (χ1v) is 11.1. The van der Waals surface area contributed by atoms with Gasteiger partial charge in [-0.05, 0) is 43.2 Å². The van der Waals surface area contributed by atoms with E-state index in [-0.39, 0.29) is 30.2 Å². The molecule has 2 aromatic rings. The summed E-state index contributed by atoms with van der Waals surface area (Å²) in [6, 6.07) is 6.45. The predicted octanol–water partition coefficient (Wildman–Crippen LogP) is 5.12. The van der Waals surface area contributed by atoms with Gasteiger partial charge in [-0.15, -0.1) is 11.6 Å². The number of carbonyl (C=O) groups excluding carboxylic acids is 1. The third-order valence-electron chi connectivity index (χ3n) is 4.35. The normalized spacial score (nSPS) is 11.8. The summed E-state index contributed by atoms with van der Waals surface area (Å²) >= 11 is 5.54. The maximum atomic E-state index is 13.4. The minimum absolute atomic E-state index is 0.0539. The van der Waals surface area contributed by atoms with Crippen molar-refractivity contribution in [1.82, 2.24) is 0 Å². The summed E-state index contributed by atoms with van der Waals surface area (Å²) in [5.41, 5.74) is -1.84. The molecule has 0 spiro atoms. The number of rotatable bonds is 10. The summed E-state index contributed by atoms with van der Waals surface area (Å²) in [5.74, 6) is 0.0180. The fourth-order valence-electron chi connectivity index (χ4n) is 2.77. The molecule has 0 amide bonds. The fourth-order valence-corrected chi connectivity index (χ4v) is 4.05. The molecule has 0 aliphatic heterocycles. The Bertz CT molecular complexity index is 1040. The van der Waals surface area contributed by atoms with E-state index in [1.807, 2.05) is 0 Å². The second-order valence-corrected chi connectivity index (χ2v) is 8.51. The first-order valence-electron chi connectivity index (χ1n) is 9.08. The van der Waals surface area contributed by atoms with E-state index in [2.05, 4.69) is 4.72 Å². The lowest BCUT2D eigenvalue weighted by atomic mass is 9.99. The van der Waals surface area contributed by atoms with E-state index < -0.39 is 38.0 Å².